The fourth-order valence-electron chi connectivity index (χ4n) is 3.72. The van der Waals surface area contributed by atoms with Crippen molar-refractivity contribution < 1.29 is 35.9 Å². The Morgan fingerprint density at radius 2 is 1.07 bits per heavy atom. The van der Waals surface area contributed by atoms with Gasteiger partial charge in [0.05, 0.1) is 22.0 Å². The number of carbonyl (C=O) groups excluding carboxylic acids is 2. The van der Waals surface area contributed by atoms with Gasteiger partial charge < -0.3 is 9.47 Å². The number of benzene rings is 3. The number of nitrogens with one attached hydrogen (secondary N) is 1. The minimum Gasteiger partial charge on any atom is -0.445 e. The molecule has 41 heavy (non-hydrogen) atoms. The monoisotopic (exact) mass is 601 g/mol. The van der Waals surface area contributed by atoms with E-state index in [4.69, 9.17) is 14.9 Å². The second kappa shape index (κ2) is 13.0. The molecule has 218 valence electrons. The lowest BCUT2D eigenvalue weighted by Gasteiger charge is -2.35. The number of nitrogens with zero attached hydrogens (tertiary/aromatic N) is 2. The molecule has 0 aliphatic heterocycles. The van der Waals surface area contributed by atoms with Crippen molar-refractivity contribution in [3.63, 3.8) is 0 Å². The Labute approximate surface area is 239 Å². The standard InChI is InChI=1S/C28H31N3O8S2/c1-20(2)38-27(32)30(31(28(33)39-21(3)4)41(36,37)24-18-12-7-13-19-24)26(29)25(22-14-8-5-9-15-22)40(34,35)23-16-10-6-11-17-23/h5-21,25,29H,1-4H3. The molecule has 1 N–H and O–H groups in total. The van der Waals surface area contributed by atoms with Crippen LogP contribution in [0.1, 0.15) is 38.5 Å². The van der Waals surface area contributed by atoms with Gasteiger partial charge in [0.25, 0.3) is 10.0 Å². The Bertz CT molecular complexity index is 1580. The number of rotatable bonds is 8. The third-order valence-corrected chi connectivity index (χ3v) is 9.09. The van der Waals surface area contributed by atoms with Crippen molar-refractivity contribution in [3.05, 3.63) is 96.6 Å². The maximum Gasteiger partial charge on any atom is 0.444 e. The van der Waals surface area contributed by atoms with Gasteiger partial charge in [-0.3, -0.25) is 5.41 Å². The van der Waals surface area contributed by atoms with Crippen molar-refractivity contribution in [1.29, 1.82) is 5.41 Å². The Morgan fingerprint density at radius 1 is 0.659 bits per heavy atom. The lowest BCUT2D eigenvalue weighted by atomic mass is 10.1. The number of ether oxygens (including phenoxy) is 2. The van der Waals surface area contributed by atoms with Gasteiger partial charge in [-0.25, -0.2) is 18.0 Å². The first kappa shape index (κ1) is 31.3. The zero-order chi connectivity index (χ0) is 30.4. The van der Waals surface area contributed by atoms with Crippen molar-refractivity contribution in [2.45, 2.75) is 54.9 Å². The van der Waals surface area contributed by atoms with Gasteiger partial charge in [0.1, 0.15) is 0 Å². The predicted octanol–water partition coefficient (Wildman–Crippen LogP) is 5.18. The van der Waals surface area contributed by atoms with Crippen LogP contribution in [0.5, 0.6) is 0 Å². The van der Waals surface area contributed by atoms with Gasteiger partial charge in [0.15, 0.2) is 20.9 Å². The molecule has 13 heteroatoms. The van der Waals surface area contributed by atoms with E-state index in [0.29, 0.717) is 0 Å². The summed E-state index contributed by atoms with van der Waals surface area (Å²) >= 11 is 0. The average Bonchev–Trinajstić information content (AvgIpc) is 2.92. The van der Waals surface area contributed by atoms with Gasteiger partial charge >= 0.3 is 12.2 Å². The number of carbonyl (C=O) groups is 2. The zero-order valence-electron chi connectivity index (χ0n) is 22.9. The Balaban J connectivity index is 2.34. The van der Waals surface area contributed by atoms with Crippen LogP contribution in [0.4, 0.5) is 9.59 Å². The lowest BCUT2D eigenvalue weighted by molar-refractivity contribution is 0.0319. The maximum absolute atomic E-state index is 14.0. The highest BCUT2D eigenvalue weighted by Gasteiger charge is 2.47. The molecule has 0 spiro atoms. The molecule has 0 bridgehead atoms. The fraction of sp³-hybridized carbons (Fsp3) is 0.250. The molecule has 0 saturated heterocycles. The molecular formula is C28H31N3O8S2. The largest absolute Gasteiger partial charge is 0.445 e. The van der Waals surface area contributed by atoms with Crippen molar-refractivity contribution in [2.24, 2.45) is 0 Å². The molecule has 0 aromatic heterocycles. The predicted molar refractivity (Wildman–Crippen MR) is 151 cm³/mol. The van der Waals surface area contributed by atoms with Crippen LogP contribution >= 0.6 is 0 Å². The minimum absolute atomic E-state index is 0.0398. The summed E-state index contributed by atoms with van der Waals surface area (Å²) in [5.41, 5.74) is 0.0398. The molecule has 2 amide bonds. The molecule has 0 fully saturated rings. The van der Waals surface area contributed by atoms with Crippen LogP contribution in [0.2, 0.25) is 0 Å². The molecule has 3 rings (SSSR count). The van der Waals surface area contributed by atoms with E-state index in [-0.39, 0.29) is 19.9 Å². The van der Waals surface area contributed by atoms with Crippen LogP contribution in [0.15, 0.2) is 101 Å². The van der Waals surface area contributed by atoms with E-state index in [1.54, 1.807) is 18.2 Å². The Hall–Kier alpha value is -4.23. The van der Waals surface area contributed by atoms with Crippen LogP contribution in [-0.2, 0) is 29.3 Å². The SMILES string of the molecule is CC(C)OC(=O)N(C(=N)C(c1ccccc1)S(=O)(=O)c1ccccc1)N(C(=O)OC(C)C)S(=O)(=O)c1ccccc1. The van der Waals surface area contributed by atoms with Gasteiger partial charge in [0.2, 0.25) is 0 Å². The van der Waals surface area contributed by atoms with E-state index in [0.717, 1.165) is 0 Å². The van der Waals surface area contributed by atoms with Crippen molar-refractivity contribution in [1.82, 2.24) is 9.42 Å². The molecule has 3 aromatic carbocycles. The first-order valence-corrected chi connectivity index (χ1v) is 15.5. The molecule has 11 nitrogen and oxygen atoms in total. The van der Waals surface area contributed by atoms with E-state index in [1.165, 1.54) is 100 Å². The molecular weight excluding hydrogens is 570 g/mol. The third-order valence-electron chi connectivity index (χ3n) is 5.41. The van der Waals surface area contributed by atoms with E-state index in [2.05, 4.69) is 0 Å². The van der Waals surface area contributed by atoms with Crippen molar-refractivity contribution >= 4 is 37.9 Å². The number of amidine groups is 1. The molecule has 0 radical (unpaired) electrons. The van der Waals surface area contributed by atoms with Gasteiger partial charge in [-0.15, -0.1) is 0 Å². The van der Waals surface area contributed by atoms with Crippen LogP contribution in [0.3, 0.4) is 0 Å². The summed E-state index contributed by atoms with van der Waals surface area (Å²) in [4.78, 5) is 26.4. The number of hydrogen-bond acceptors (Lipinski definition) is 9. The van der Waals surface area contributed by atoms with Gasteiger partial charge in [-0.1, -0.05) is 71.1 Å². The minimum atomic E-state index is -4.95. The number of hydrazine groups is 1. The smallest absolute Gasteiger partial charge is 0.444 e. The third kappa shape index (κ3) is 7.11. The molecule has 1 unspecified atom stereocenters. The van der Waals surface area contributed by atoms with Gasteiger partial charge in [-0.05, 0) is 57.5 Å². The normalized spacial score (nSPS) is 12.4. The van der Waals surface area contributed by atoms with E-state index in [1.807, 2.05) is 0 Å². The Morgan fingerprint density at radius 3 is 1.54 bits per heavy atom. The topological polar surface area (TPSA) is 151 Å². The second-order valence-electron chi connectivity index (χ2n) is 9.27. The number of sulfonamides is 1. The summed E-state index contributed by atoms with van der Waals surface area (Å²) in [7, 11) is -9.45. The number of sulfone groups is 1. The van der Waals surface area contributed by atoms with Crippen LogP contribution in [-0.4, -0.2) is 56.5 Å². The first-order valence-electron chi connectivity index (χ1n) is 12.5. The average molecular weight is 602 g/mol. The summed E-state index contributed by atoms with van der Waals surface area (Å²) in [5.74, 6) is -1.08. The molecule has 3 aromatic rings. The number of amides is 2. The van der Waals surface area contributed by atoms with Crippen molar-refractivity contribution in [2.75, 3.05) is 0 Å². The number of hydrogen-bond donors (Lipinski definition) is 1. The van der Waals surface area contributed by atoms with E-state index < -0.39 is 60.2 Å². The molecule has 0 aliphatic carbocycles. The quantitative estimate of drug-likeness (QED) is 0.211. The first-order chi connectivity index (χ1) is 19.3. The fourth-order valence-corrected chi connectivity index (χ4v) is 6.74. The van der Waals surface area contributed by atoms with Crippen molar-refractivity contribution in [3.8, 4) is 0 Å². The van der Waals surface area contributed by atoms with Gasteiger partial charge in [0, 0.05) is 0 Å². The van der Waals surface area contributed by atoms with Gasteiger partial charge in [-0.2, -0.15) is 13.4 Å². The highest BCUT2D eigenvalue weighted by Crippen LogP contribution is 2.33. The van der Waals surface area contributed by atoms with E-state index in [9.17, 15) is 26.4 Å². The van der Waals surface area contributed by atoms with Crippen LogP contribution < -0.4 is 0 Å². The van der Waals surface area contributed by atoms with Crippen LogP contribution in [0.25, 0.3) is 0 Å². The summed E-state index contributed by atoms with van der Waals surface area (Å²) in [6, 6.07) is 21.4. The van der Waals surface area contributed by atoms with Crippen LogP contribution in [0, 0.1) is 5.41 Å². The summed E-state index contributed by atoms with van der Waals surface area (Å²) in [6.45, 7) is 5.86. The highest BCUT2D eigenvalue weighted by atomic mass is 32.2. The summed E-state index contributed by atoms with van der Waals surface area (Å²) in [6.07, 6.45) is -4.69. The molecule has 1 atom stereocenters. The van der Waals surface area contributed by atoms with E-state index >= 15 is 0 Å². The second-order valence-corrected chi connectivity index (χ2v) is 13.1. The molecule has 0 aliphatic rings. The Kier molecular flexibility index (Phi) is 9.89. The lowest BCUT2D eigenvalue weighted by Crippen LogP contribution is -2.57. The highest BCUT2D eigenvalue weighted by molar-refractivity contribution is 7.92. The molecule has 0 saturated carbocycles. The maximum atomic E-state index is 14.0. The summed E-state index contributed by atoms with van der Waals surface area (Å²) in [5, 5.41) is 7.26. The summed E-state index contributed by atoms with van der Waals surface area (Å²) < 4.78 is 66.2. The molecule has 0 heterocycles. The zero-order valence-corrected chi connectivity index (χ0v) is 24.5.